The molecule has 2 aromatic rings. The molecule has 4 fully saturated rings. The number of carbonyl (C=O) groups excluding carboxylic acids is 1. The van der Waals surface area contributed by atoms with Crippen LogP contribution >= 0.6 is 11.6 Å². The number of halogens is 1. The van der Waals surface area contributed by atoms with E-state index in [0.29, 0.717) is 10.6 Å². The molecule has 0 saturated heterocycles. The van der Waals surface area contributed by atoms with Crippen molar-refractivity contribution >= 4 is 29.2 Å². The van der Waals surface area contributed by atoms with Crippen molar-refractivity contribution in [2.75, 3.05) is 5.32 Å². The average Bonchev–Trinajstić information content (AvgIpc) is 2.73. The van der Waals surface area contributed by atoms with Crippen molar-refractivity contribution in [1.82, 2.24) is 0 Å². The minimum absolute atomic E-state index is 0.0157. The summed E-state index contributed by atoms with van der Waals surface area (Å²) >= 11 is 5.87. The van der Waals surface area contributed by atoms with Gasteiger partial charge in [-0.3, -0.25) is 4.79 Å². The molecule has 4 aliphatic carbocycles. The van der Waals surface area contributed by atoms with E-state index in [9.17, 15) is 19.8 Å². The number of benzene rings is 2. The molecule has 3 N–H and O–H groups in total. The quantitative estimate of drug-likeness (QED) is 0.570. The molecular weight excluding hydrogens is 414 g/mol. The second-order valence-electron chi connectivity index (χ2n) is 9.75. The molecule has 2 aromatic carbocycles. The highest BCUT2D eigenvalue weighted by molar-refractivity contribution is 6.31. The molecule has 4 saturated carbocycles. The normalized spacial score (nSPS) is 29.5. The molecule has 6 heteroatoms. The highest BCUT2D eigenvalue weighted by Crippen LogP contribution is 2.64. The molecule has 0 radical (unpaired) electrons. The Labute approximate surface area is 186 Å². The number of carboxylic acid groups (broad SMARTS) is 1. The summed E-state index contributed by atoms with van der Waals surface area (Å²) in [5.41, 5.74) is 1.39. The topological polar surface area (TPSA) is 86.6 Å². The Kier molecular flexibility index (Phi) is 5.06. The molecule has 1 amide bonds. The Bertz CT molecular complexity index is 997. The first-order chi connectivity index (χ1) is 14.8. The smallest absolute Gasteiger partial charge is 0.337 e. The van der Waals surface area contributed by atoms with Crippen molar-refractivity contribution in [3.63, 3.8) is 0 Å². The highest BCUT2D eigenvalue weighted by Gasteiger charge is 2.54. The van der Waals surface area contributed by atoms with Gasteiger partial charge in [-0.15, -0.1) is 0 Å². The third-order valence-corrected chi connectivity index (χ3v) is 7.85. The molecule has 0 spiro atoms. The summed E-state index contributed by atoms with van der Waals surface area (Å²) < 4.78 is 0. The van der Waals surface area contributed by atoms with Crippen LogP contribution in [0.1, 0.15) is 70.9 Å². The molecule has 31 heavy (non-hydrogen) atoms. The maximum Gasteiger partial charge on any atom is 0.337 e. The van der Waals surface area contributed by atoms with Crippen LogP contribution in [0.25, 0.3) is 0 Å². The third-order valence-electron chi connectivity index (χ3n) is 7.61. The number of anilines is 1. The Morgan fingerprint density at radius 2 is 1.55 bits per heavy atom. The fourth-order valence-corrected chi connectivity index (χ4v) is 6.85. The van der Waals surface area contributed by atoms with Crippen molar-refractivity contribution < 1.29 is 19.8 Å². The van der Waals surface area contributed by atoms with Crippen LogP contribution in [0.3, 0.4) is 0 Å². The van der Waals surface area contributed by atoms with E-state index in [1.54, 1.807) is 12.1 Å². The molecular formula is C25H26ClNO4. The number of aromatic carboxylic acids is 1. The number of hydrogen-bond donors (Lipinski definition) is 3. The van der Waals surface area contributed by atoms with Crippen LogP contribution in [-0.2, 0) is 0 Å². The molecule has 4 bridgehead atoms. The summed E-state index contributed by atoms with van der Waals surface area (Å²) in [4.78, 5) is 24.1. The fourth-order valence-electron chi connectivity index (χ4n) is 6.68. The first-order valence-electron chi connectivity index (χ1n) is 11.0. The summed E-state index contributed by atoms with van der Waals surface area (Å²) in [6.07, 6.45) is 6.80. The van der Waals surface area contributed by atoms with Gasteiger partial charge in [-0.25, -0.2) is 4.79 Å². The summed E-state index contributed by atoms with van der Waals surface area (Å²) in [6, 6.07) is 11.4. The van der Waals surface area contributed by atoms with Gasteiger partial charge in [0, 0.05) is 16.0 Å². The van der Waals surface area contributed by atoms with Gasteiger partial charge in [0.25, 0.3) is 5.91 Å². The standard InChI is InChI=1S/C25H26ClNO4/c26-19-5-6-21(20(10-19)24(30)31)27-23(29)18-3-1-17(2-4-18)22(28)25-11-14-7-15(12-25)9-16(8-14)13-25/h1-6,10,14-16,22,28H,7-9,11-13H2,(H,27,29)(H,30,31). The zero-order valence-electron chi connectivity index (χ0n) is 17.2. The van der Waals surface area contributed by atoms with E-state index >= 15 is 0 Å². The number of carbonyl (C=O) groups is 2. The molecule has 0 aromatic heterocycles. The van der Waals surface area contributed by atoms with Gasteiger partial charge in [0.2, 0.25) is 0 Å². The summed E-state index contributed by atoms with van der Waals surface area (Å²) in [6.45, 7) is 0. The van der Waals surface area contributed by atoms with E-state index in [1.807, 2.05) is 12.1 Å². The van der Waals surface area contributed by atoms with Crippen LogP contribution in [0.15, 0.2) is 42.5 Å². The van der Waals surface area contributed by atoms with Crippen LogP contribution in [-0.4, -0.2) is 22.1 Å². The number of amides is 1. The van der Waals surface area contributed by atoms with E-state index in [1.165, 1.54) is 37.5 Å². The van der Waals surface area contributed by atoms with Gasteiger partial charge in [-0.05, 0) is 92.2 Å². The van der Waals surface area contributed by atoms with E-state index in [0.717, 1.165) is 42.6 Å². The van der Waals surface area contributed by atoms with Crippen LogP contribution in [0.4, 0.5) is 5.69 Å². The van der Waals surface area contributed by atoms with Crippen LogP contribution in [0.2, 0.25) is 5.02 Å². The van der Waals surface area contributed by atoms with Gasteiger partial charge in [0.1, 0.15) is 0 Å². The van der Waals surface area contributed by atoms with Gasteiger partial charge in [0.15, 0.2) is 0 Å². The lowest BCUT2D eigenvalue weighted by molar-refractivity contribution is -0.122. The second-order valence-corrected chi connectivity index (χ2v) is 10.2. The van der Waals surface area contributed by atoms with Crippen molar-refractivity contribution in [2.24, 2.45) is 23.2 Å². The Hall–Kier alpha value is -2.37. The van der Waals surface area contributed by atoms with Crippen molar-refractivity contribution in [1.29, 1.82) is 0 Å². The second kappa shape index (κ2) is 7.64. The van der Waals surface area contributed by atoms with E-state index in [2.05, 4.69) is 5.32 Å². The molecule has 1 atom stereocenters. The average molecular weight is 440 g/mol. The number of carboxylic acids is 1. The SMILES string of the molecule is O=C(Nc1ccc(Cl)cc1C(=O)O)c1ccc(C(O)C23CC4CC(CC(C4)C2)C3)cc1. The lowest BCUT2D eigenvalue weighted by atomic mass is 9.47. The summed E-state index contributed by atoms with van der Waals surface area (Å²) in [5, 5.41) is 23.6. The minimum atomic E-state index is -1.16. The lowest BCUT2D eigenvalue weighted by Gasteiger charge is -2.58. The first-order valence-corrected chi connectivity index (χ1v) is 11.3. The zero-order chi connectivity index (χ0) is 21.8. The highest BCUT2D eigenvalue weighted by atomic mass is 35.5. The molecule has 0 heterocycles. The van der Waals surface area contributed by atoms with E-state index < -0.39 is 18.0 Å². The number of aliphatic hydroxyl groups is 1. The van der Waals surface area contributed by atoms with E-state index in [4.69, 9.17) is 11.6 Å². The van der Waals surface area contributed by atoms with Crippen LogP contribution in [0.5, 0.6) is 0 Å². The first kappa shape index (κ1) is 20.5. The van der Waals surface area contributed by atoms with Crippen molar-refractivity contribution in [2.45, 2.75) is 44.6 Å². The van der Waals surface area contributed by atoms with E-state index in [-0.39, 0.29) is 16.7 Å². The molecule has 6 rings (SSSR count). The predicted octanol–water partition coefficient (Wildman–Crippen LogP) is 5.54. The van der Waals surface area contributed by atoms with Crippen LogP contribution in [0, 0.1) is 23.2 Å². The number of aliphatic hydroxyl groups excluding tert-OH is 1. The Morgan fingerprint density at radius 1 is 0.968 bits per heavy atom. The van der Waals surface area contributed by atoms with Crippen LogP contribution < -0.4 is 5.32 Å². The van der Waals surface area contributed by atoms with Crippen molar-refractivity contribution in [3.05, 3.63) is 64.2 Å². The summed E-state index contributed by atoms with van der Waals surface area (Å²) in [7, 11) is 0. The fraction of sp³-hybridized carbons (Fsp3) is 0.440. The largest absolute Gasteiger partial charge is 0.478 e. The molecule has 162 valence electrons. The monoisotopic (exact) mass is 439 g/mol. The maximum absolute atomic E-state index is 12.7. The molecule has 0 aliphatic heterocycles. The lowest BCUT2D eigenvalue weighted by Crippen LogP contribution is -2.48. The number of hydrogen-bond acceptors (Lipinski definition) is 3. The Morgan fingerprint density at radius 3 is 2.10 bits per heavy atom. The molecule has 4 aliphatic rings. The number of nitrogens with one attached hydrogen (secondary N) is 1. The Balaban J connectivity index is 1.33. The zero-order valence-corrected chi connectivity index (χ0v) is 17.9. The third kappa shape index (κ3) is 3.74. The van der Waals surface area contributed by atoms with Gasteiger partial charge in [0.05, 0.1) is 17.4 Å². The minimum Gasteiger partial charge on any atom is -0.478 e. The van der Waals surface area contributed by atoms with Gasteiger partial charge in [-0.1, -0.05) is 23.7 Å². The van der Waals surface area contributed by atoms with Gasteiger partial charge >= 0.3 is 5.97 Å². The molecule has 1 unspecified atom stereocenters. The number of rotatable bonds is 5. The predicted molar refractivity (Wildman–Crippen MR) is 118 cm³/mol. The van der Waals surface area contributed by atoms with Gasteiger partial charge < -0.3 is 15.5 Å². The van der Waals surface area contributed by atoms with Gasteiger partial charge in [-0.2, -0.15) is 0 Å². The summed E-state index contributed by atoms with van der Waals surface area (Å²) in [5.74, 6) is 0.712. The maximum atomic E-state index is 12.7. The van der Waals surface area contributed by atoms with Crippen molar-refractivity contribution in [3.8, 4) is 0 Å². The molecule has 5 nitrogen and oxygen atoms in total.